The predicted octanol–water partition coefficient (Wildman–Crippen LogP) is 11.4. The monoisotopic (exact) mass is 733 g/mol. The van der Waals surface area contributed by atoms with Crippen molar-refractivity contribution in [2.24, 2.45) is 0 Å². The lowest BCUT2D eigenvalue weighted by Gasteiger charge is -2.20. The van der Waals surface area contributed by atoms with Crippen LogP contribution in [0.5, 0.6) is 23.0 Å². The number of rotatable bonds is 8. The van der Waals surface area contributed by atoms with E-state index in [4.69, 9.17) is 18.9 Å². The van der Waals surface area contributed by atoms with Gasteiger partial charge in [0, 0.05) is 36.5 Å². The molecule has 0 saturated carbocycles. The molecule has 272 valence electrons. The predicted molar refractivity (Wildman–Crippen MR) is 203 cm³/mol. The van der Waals surface area contributed by atoms with Gasteiger partial charge in [-0.3, -0.25) is 0 Å². The second kappa shape index (κ2) is 15.3. The fraction of sp³-hybridized carbons (Fsp3) is 0.0909. The molecule has 6 nitrogen and oxygen atoms in total. The van der Waals surface area contributed by atoms with Crippen LogP contribution in [0.25, 0.3) is 65.3 Å². The zero-order valence-corrected chi connectivity index (χ0v) is 29.0. The molecule has 0 saturated heterocycles. The van der Waals surface area contributed by atoms with Crippen molar-refractivity contribution < 1.29 is 48.1 Å². The first-order valence-electron chi connectivity index (χ1n) is 16.7. The number of halogens is 4. The Hall–Kier alpha value is -6.36. The molecular weight excluding hydrogens is 700 g/mol. The number of fused-ring (bicyclic) bond motifs is 4. The van der Waals surface area contributed by atoms with Gasteiger partial charge in [-0.25, -0.2) is 17.6 Å². The van der Waals surface area contributed by atoms with Gasteiger partial charge in [-0.15, -0.1) is 0 Å². The molecule has 0 aliphatic carbocycles. The molecule has 0 aromatic heterocycles. The van der Waals surface area contributed by atoms with Crippen LogP contribution in [-0.2, 0) is 9.47 Å². The molecule has 0 atom stereocenters. The first-order chi connectivity index (χ1) is 26.2. The van der Waals surface area contributed by atoms with Crippen LogP contribution in [0.1, 0.15) is 1.43 Å². The summed E-state index contributed by atoms with van der Waals surface area (Å²) in [5.74, 6) is -4.09. The number of methoxy groups -OCH3 is 2. The maximum atomic E-state index is 15.1. The van der Waals surface area contributed by atoms with Gasteiger partial charge in [0.25, 0.3) is 0 Å². The molecule has 8 rings (SSSR count). The summed E-state index contributed by atoms with van der Waals surface area (Å²) in [5.41, 5.74) is 0.950. The lowest BCUT2D eigenvalue weighted by molar-refractivity contribution is 0.0473. The molecule has 8 aromatic rings. The van der Waals surface area contributed by atoms with E-state index in [2.05, 4.69) is 0 Å². The topological polar surface area (TPSA) is 77.4 Å². The minimum Gasteiger partial charge on any atom is -0.504 e. The highest BCUT2D eigenvalue weighted by Gasteiger charge is 2.25. The zero-order chi connectivity index (χ0) is 37.9. The average molecular weight is 734 g/mol. The average Bonchev–Trinajstić information content (AvgIpc) is 3.18. The SMILES string of the molecule is COCOc1c(F)cc2ccccc2c1-c1c(OCOC)c(F)cc2ccccc12.Oc1c(F)cc2ccccc2c1-c1c(O)c(F)cc2ccccc12.[H+]. The van der Waals surface area contributed by atoms with Crippen molar-refractivity contribution in [2.45, 2.75) is 0 Å². The van der Waals surface area contributed by atoms with E-state index in [9.17, 15) is 19.0 Å². The van der Waals surface area contributed by atoms with Crippen LogP contribution < -0.4 is 9.47 Å². The number of phenolic OH excluding ortho intramolecular Hbond substituents is 2. The molecule has 0 aliphatic rings. The van der Waals surface area contributed by atoms with Crippen LogP contribution in [0.4, 0.5) is 17.6 Å². The van der Waals surface area contributed by atoms with Gasteiger partial charge < -0.3 is 29.2 Å². The summed E-state index contributed by atoms with van der Waals surface area (Å²) in [5, 5.41) is 25.5. The van der Waals surface area contributed by atoms with E-state index >= 15 is 8.78 Å². The van der Waals surface area contributed by atoms with Crippen molar-refractivity contribution in [3.63, 3.8) is 0 Å². The summed E-state index contributed by atoms with van der Waals surface area (Å²) in [6, 6.07) is 33.5. The lowest BCUT2D eigenvalue weighted by Crippen LogP contribution is -2.06. The fourth-order valence-electron chi connectivity index (χ4n) is 6.71. The Balaban J connectivity index is 0.000000188. The highest BCUT2D eigenvalue weighted by Crippen LogP contribution is 2.49. The van der Waals surface area contributed by atoms with Crippen LogP contribution >= 0.6 is 0 Å². The number of ether oxygens (including phenoxy) is 4. The van der Waals surface area contributed by atoms with Gasteiger partial charge in [0.15, 0.2) is 59.9 Å². The molecule has 0 fully saturated rings. The van der Waals surface area contributed by atoms with E-state index < -0.39 is 34.8 Å². The molecule has 0 bridgehead atoms. The van der Waals surface area contributed by atoms with Gasteiger partial charge in [-0.2, -0.15) is 0 Å². The zero-order valence-electron chi connectivity index (χ0n) is 30.0. The van der Waals surface area contributed by atoms with E-state index in [0.717, 1.165) is 0 Å². The van der Waals surface area contributed by atoms with Gasteiger partial charge in [-0.05, 0) is 67.4 Å². The normalized spacial score (nSPS) is 11.2. The van der Waals surface area contributed by atoms with E-state index in [0.29, 0.717) is 54.2 Å². The lowest BCUT2D eigenvalue weighted by atomic mass is 9.91. The number of aromatic hydroxyl groups is 2. The van der Waals surface area contributed by atoms with Gasteiger partial charge in [0.05, 0.1) is 0 Å². The van der Waals surface area contributed by atoms with Crippen molar-refractivity contribution in [3.05, 3.63) is 145 Å². The Morgan fingerprint density at radius 1 is 0.426 bits per heavy atom. The third kappa shape index (κ3) is 6.57. The van der Waals surface area contributed by atoms with Crippen LogP contribution in [0.15, 0.2) is 121 Å². The third-order valence-electron chi connectivity index (χ3n) is 9.01. The van der Waals surface area contributed by atoms with Gasteiger partial charge in [0.2, 0.25) is 0 Å². The third-order valence-corrected chi connectivity index (χ3v) is 9.01. The van der Waals surface area contributed by atoms with Crippen molar-refractivity contribution in [1.82, 2.24) is 0 Å². The number of hydrogen-bond donors (Lipinski definition) is 2. The molecule has 0 radical (unpaired) electrons. The minimum absolute atomic E-state index is 0. The fourth-order valence-corrected chi connectivity index (χ4v) is 6.71. The standard InChI is InChI=1S/C24H20F2O4.C20H12F2O2/c1-27-13-29-23-19(25)11-15-7-3-5-9-17(15)21(23)22-18-10-6-4-8-16(18)12-20(26)24(22)30-14-28-2;21-15-9-11-5-1-3-7-13(11)17(19(15)23)18-14-8-4-2-6-12(14)10-16(22)20(18)24/h3-12H,13-14H2,1-2H3;1-10,23-24H/p+1. The quantitative estimate of drug-likeness (QED) is 0.120. The molecule has 0 unspecified atom stereocenters. The van der Waals surface area contributed by atoms with Gasteiger partial charge >= 0.3 is 1.43 Å². The van der Waals surface area contributed by atoms with Crippen LogP contribution in [-0.4, -0.2) is 38.0 Å². The maximum absolute atomic E-state index is 15.1. The second-order valence-electron chi connectivity index (χ2n) is 12.3. The molecule has 0 amide bonds. The van der Waals surface area contributed by atoms with Crippen LogP contribution in [0.3, 0.4) is 0 Å². The van der Waals surface area contributed by atoms with Crippen LogP contribution in [0.2, 0.25) is 0 Å². The minimum atomic E-state index is -0.823. The molecule has 2 N–H and O–H groups in total. The van der Waals surface area contributed by atoms with Crippen molar-refractivity contribution >= 4 is 43.1 Å². The Bertz CT molecular complexity index is 2500. The Labute approximate surface area is 308 Å². The Morgan fingerprint density at radius 2 is 0.704 bits per heavy atom. The smallest absolute Gasteiger partial charge is 0.504 e. The maximum Gasteiger partial charge on any atom is 1.00 e. The first kappa shape index (κ1) is 36.0. The highest BCUT2D eigenvalue weighted by atomic mass is 19.1. The molecule has 0 aliphatic heterocycles. The molecule has 10 heteroatoms. The largest absolute Gasteiger partial charge is 1.00 e. The summed E-state index contributed by atoms with van der Waals surface area (Å²) in [4.78, 5) is 0. The molecule has 0 spiro atoms. The molecule has 8 aromatic carbocycles. The Kier molecular flexibility index (Phi) is 10.2. The highest BCUT2D eigenvalue weighted by molar-refractivity contribution is 6.11. The van der Waals surface area contributed by atoms with Gasteiger partial charge in [0.1, 0.15) is 0 Å². The second-order valence-corrected chi connectivity index (χ2v) is 12.3. The van der Waals surface area contributed by atoms with Crippen molar-refractivity contribution in [3.8, 4) is 45.3 Å². The van der Waals surface area contributed by atoms with E-state index in [1.54, 1.807) is 60.7 Å². The Morgan fingerprint density at radius 3 is 1.02 bits per heavy atom. The molecule has 0 heterocycles. The summed E-state index contributed by atoms with van der Waals surface area (Å²) in [6.45, 7) is -0.326. The van der Waals surface area contributed by atoms with Crippen molar-refractivity contribution in [2.75, 3.05) is 27.8 Å². The van der Waals surface area contributed by atoms with E-state index in [1.807, 2.05) is 36.4 Å². The molecule has 54 heavy (non-hydrogen) atoms. The first-order valence-corrected chi connectivity index (χ1v) is 16.7. The molecular formula is C44H33F4O6+. The summed E-state index contributed by atoms with van der Waals surface area (Å²) in [7, 11) is 2.90. The van der Waals surface area contributed by atoms with Crippen molar-refractivity contribution in [1.29, 1.82) is 0 Å². The summed E-state index contributed by atoms with van der Waals surface area (Å²) >= 11 is 0. The number of benzene rings is 8. The number of phenols is 2. The van der Waals surface area contributed by atoms with E-state index in [-0.39, 0.29) is 37.6 Å². The number of hydrogen-bond acceptors (Lipinski definition) is 6. The summed E-state index contributed by atoms with van der Waals surface area (Å²) < 4.78 is 79.9. The van der Waals surface area contributed by atoms with Crippen LogP contribution in [0, 0.1) is 23.3 Å². The summed E-state index contributed by atoms with van der Waals surface area (Å²) in [6.07, 6.45) is 0. The van der Waals surface area contributed by atoms with E-state index in [1.165, 1.54) is 38.5 Å². The van der Waals surface area contributed by atoms with Gasteiger partial charge in [-0.1, -0.05) is 97.1 Å².